The molecule has 0 spiro atoms. The number of aromatic nitrogens is 1. The number of nitrogens with zero attached hydrogens (tertiary/aromatic N) is 2. The summed E-state index contributed by atoms with van der Waals surface area (Å²) in [5, 5.41) is 18.0. The largest absolute Gasteiger partial charge is 0.389 e. The third kappa shape index (κ3) is 3.29. The van der Waals surface area contributed by atoms with E-state index in [-0.39, 0.29) is 23.9 Å². The first-order valence-corrected chi connectivity index (χ1v) is 8.47. The molecule has 2 amide bonds. The molecule has 1 aromatic rings. The zero-order valence-electron chi connectivity index (χ0n) is 12.2. The summed E-state index contributed by atoms with van der Waals surface area (Å²) < 4.78 is 0. The van der Waals surface area contributed by atoms with Gasteiger partial charge in [0.05, 0.1) is 24.2 Å². The number of hydrogen-bond acceptors (Lipinski definition) is 6. The van der Waals surface area contributed by atoms with Crippen LogP contribution in [0, 0.1) is 0 Å². The van der Waals surface area contributed by atoms with Crippen LogP contribution in [0.4, 0.5) is 0 Å². The van der Waals surface area contributed by atoms with Crippen molar-refractivity contribution in [3.05, 3.63) is 16.6 Å². The molecule has 0 radical (unpaired) electrons. The summed E-state index contributed by atoms with van der Waals surface area (Å²) in [6, 6.07) is -0.376. The highest BCUT2D eigenvalue weighted by Gasteiger charge is 2.37. The summed E-state index contributed by atoms with van der Waals surface area (Å²) in [5.41, 5.74) is 2.00. The number of thiazole rings is 1. The van der Waals surface area contributed by atoms with E-state index in [9.17, 15) is 14.7 Å². The molecule has 3 atom stereocenters. The number of aliphatic hydroxyl groups is 1. The number of amides is 2. The van der Waals surface area contributed by atoms with Crippen LogP contribution < -0.4 is 10.6 Å². The van der Waals surface area contributed by atoms with Crippen molar-refractivity contribution in [2.24, 2.45) is 0 Å². The first-order valence-electron chi connectivity index (χ1n) is 7.53. The number of piperazine rings is 1. The van der Waals surface area contributed by atoms with E-state index < -0.39 is 6.10 Å². The zero-order chi connectivity index (χ0) is 15.5. The smallest absolute Gasteiger partial charge is 0.271 e. The van der Waals surface area contributed by atoms with Gasteiger partial charge in [0, 0.05) is 24.5 Å². The van der Waals surface area contributed by atoms with Crippen molar-refractivity contribution in [1.82, 2.24) is 20.5 Å². The molecule has 1 aromatic heterocycles. The Bertz CT molecular complexity index is 536. The first kappa shape index (κ1) is 15.4. The fourth-order valence-electron chi connectivity index (χ4n) is 3.22. The van der Waals surface area contributed by atoms with Crippen LogP contribution in [0.25, 0.3) is 0 Å². The molecule has 120 valence electrons. The van der Waals surface area contributed by atoms with E-state index in [2.05, 4.69) is 15.6 Å². The maximum Gasteiger partial charge on any atom is 0.271 e. The van der Waals surface area contributed by atoms with E-state index >= 15 is 0 Å². The van der Waals surface area contributed by atoms with Crippen molar-refractivity contribution in [3.8, 4) is 0 Å². The van der Waals surface area contributed by atoms with Crippen molar-refractivity contribution in [3.63, 3.8) is 0 Å². The molecule has 2 fully saturated rings. The Morgan fingerprint density at radius 3 is 3.09 bits per heavy atom. The van der Waals surface area contributed by atoms with Gasteiger partial charge in [0.15, 0.2) is 0 Å². The Hall–Kier alpha value is -1.51. The van der Waals surface area contributed by atoms with Gasteiger partial charge < -0.3 is 15.7 Å². The average Bonchev–Trinajstić information content (AvgIpc) is 3.04. The summed E-state index contributed by atoms with van der Waals surface area (Å²) in [4.78, 5) is 29.6. The molecule has 2 heterocycles. The van der Waals surface area contributed by atoms with Gasteiger partial charge in [-0.3, -0.25) is 14.5 Å². The van der Waals surface area contributed by atoms with Gasteiger partial charge in [-0.25, -0.2) is 4.98 Å². The standard InChI is InChI=1S/C14H20N4O3S/c19-12-6-18(5-4-15-12)11-3-1-2-9(13(11)20)17-14(21)10-7-22-8-16-10/h7-9,11,13,20H,1-6H2,(H,15,19)(H,17,21)/t9-,11-,13-/m1/s1. The zero-order valence-corrected chi connectivity index (χ0v) is 13.0. The molecule has 1 saturated heterocycles. The lowest BCUT2D eigenvalue weighted by Gasteiger charge is -2.42. The second-order valence-electron chi connectivity index (χ2n) is 5.76. The van der Waals surface area contributed by atoms with E-state index in [1.165, 1.54) is 11.3 Å². The van der Waals surface area contributed by atoms with E-state index in [0.29, 0.717) is 18.8 Å². The van der Waals surface area contributed by atoms with Gasteiger partial charge >= 0.3 is 0 Å². The van der Waals surface area contributed by atoms with Crippen LogP contribution in [0.5, 0.6) is 0 Å². The summed E-state index contributed by atoms with van der Waals surface area (Å²) in [5.74, 6) is -0.255. The molecule has 7 nitrogen and oxygen atoms in total. The van der Waals surface area contributed by atoms with E-state index in [1.54, 1.807) is 10.9 Å². The predicted molar refractivity (Wildman–Crippen MR) is 81.6 cm³/mol. The van der Waals surface area contributed by atoms with Gasteiger partial charge in [-0.15, -0.1) is 11.3 Å². The highest BCUT2D eigenvalue weighted by molar-refractivity contribution is 7.07. The first-order chi connectivity index (χ1) is 10.6. The second kappa shape index (κ2) is 6.72. The van der Waals surface area contributed by atoms with E-state index in [4.69, 9.17) is 0 Å². The fourth-order valence-corrected chi connectivity index (χ4v) is 3.75. The topological polar surface area (TPSA) is 94.6 Å². The van der Waals surface area contributed by atoms with Crippen molar-refractivity contribution in [2.75, 3.05) is 19.6 Å². The fraction of sp³-hybridized carbons (Fsp3) is 0.643. The monoisotopic (exact) mass is 324 g/mol. The Labute approximate surface area is 132 Å². The molecule has 2 aliphatic rings. The highest BCUT2D eigenvalue weighted by atomic mass is 32.1. The average molecular weight is 324 g/mol. The van der Waals surface area contributed by atoms with Crippen molar-refractivity contribution in [2.45, 2.75) is 37.5 Å². The normalized spacial score (nSPS) is 29.9. The molecule has 22 heavy (non-hydrogen) atoms. The lowest BCUT2D eigenvalue weighted by atomic mass is 9.86. The van der Waals surface area contributed by atoms with Crippen LogP contribution in [0.2, 0.25) is 0 Å². The third-order valence-corrected chi connectivity index (χ3v) is 4.93. The Morgan fingerprint density at radius 1 is 1.50 bits per heavy atom. The van der Waals surface area contributed by atoms with Crippen LogP contribution in [0.15, 0.2) is 10.9 Å². The SMILES string of the molecule is O=C1CN([C@@H]2CCC[C@@H](NC(=O)c3cscn3)[C@H]2O)CCN1. The summed E-state index contributed by atoms with van der Waals surface area (Å²) in [6.45, 7) is 1.66. The molecule has 3 rings (SSSR count). The Kier molecular flexibility index (Phi) is 4.70. The quantitative estimate of drug-likeness (QED) is 0.702. The van der Waals surface area contributed by atoms with Crippen molar-refractivity contribution < 1.29 is 14.7 Å². The Balaban J connectivity index is 1.63. The predicted octanol–water partition coefficient (Wildman–Crippen LogP) is -0.413. The number of rotatable bonds is 3. The lowest BCUT2D eigenvalue weighted by molar-refractivity contribution is -0.126. The number of carbonyl (C=O) groups is 2. The molecule has 1 aliphatic heterocycles. The highest BCUT2D eigenvalue weighted by Crippen LogP contribution is 2.24. The molecule has 3 N–H and O–H groups in total. The minimum atomic E-state index is -0.665. The third-order valence-electron chi connectivity index (χ3n) is 4.34. The summed E-state index contributed by atoms with van der Waals surface area (Å²) in [6.07, 6.45) is 1.84. The number of aliphatic hydroxyl groups excluding tert-OH is 1. The Morgan fingerprint density at radius 2 is 2.36 bits per heavy atom. The van der Waals surface area contributed by atoms with Crippen LogP contribution in [0.3, 0.4) is 0 Å². The molecule has 8 heteroatoms. The maximum absolute atomic E-state index is 12.1. The van der Waals surface area contributed by atoms with Gasteiger partial charge in [-0.05, 0) is 19.3 Å². The number of hydrogen-bond donors (Lipinski definition) is 3. The minimum absolute atomic E-state index is 0.00733. The second-order valence-corrected chi connectivity index (χ2v) is 6.48. The van der Waals surface area contributed by atoms with Gasteiger partial charge in [0.25, 0.3) is 5.91 Å². The van der Waals surface area contributed by atoms with Gasteiger partial charge in [-0.1, -0.05) is 0 Å². The maximum atomic E-state index is 12.1. The number of carbonyl (C=O) groups excluding carboxylic acids is 2. The van der Waals surface area contributed by atoms with Crippen molar-refractivity contribution >= 4 is 23.2 Å². The minimum Gasteiger partial charge on any atom is -0.389 e. The molecular formula is C14H20N4O3S. The molecular weight excluding hydrogens is 304 g/mol. The molecule has 1 aliphatic carbocycles. The molecule has 1 saturated carbocycles. The van der Waals surface area contributed by atoms with Crippen LogP contribution in [-0.4, -0.2) is 64.6 Å². The molecule has 0 unspecified atom stereocenters. The van der Waals surface area contributed by atoms with Gasteiger partial charge in [0.1, 0.15) is 5.69 Å². The van der Waals surface area contributed by atoms with Gasteiger partial charge in [0.2, 0.25) is 5.91 Å². The van der Waals surface area contributed by atoms with E-state index in [0.717, 1.165) is 25.8 Å². The van der Waals surface area contributed by atoms with Crippen LogP contribution in [-0.2, 0) is 4.79 Å². The van der Waals surface area contributed by atoms with E-state index in [1.807, 2.05) is 4.90 Å². The summed E-state index contributed by atoms with van der Waals surface area (Å²) in [7, 11) is 0. The molecule has 0 bridgehead atoms. The van der Waals surface area contributed by atoms with Crippen LogP contribution >= 0.6 is 11.3 Å². The van der Waals surface area contributed by atoms with Gasteiger partial charge in [-0.2, -0.15) is 0 Å². The molecule has 0 aromatic carbocycles. The number of nitrogens with one attached hydrogen (secondary N) is 2. The summed E-state index contributed by atoms with van der Waals surface area (Å²) >= 11 is 1.37. The van der Waals surface area contributed by atoms with Crippen LogP contribution in [0.1, 0.15) is 29.8 Å². The lowest BCUT2D eigenvalue weighted by Crippen LogP contribution is -2.60. The van der Waals surface area contributed by atoms with Crippen molar-refractivity contribution in [1.29, 1.82) is 0 Å².